The number of hydrogen-bond acceptors (Lipinski definition) is 1. The number of aromatic nitrogens is 2. The largest absolute Gasteiger partial charge is 0.342 e. The van der Waals surface area contributed by atoms with Crippen LogP contribution in [0.25, 0.3) is 11.0 Å². The Morgan fingerprint density at radius 2 is 2.06 bits per heavy atom. The van der Waals surface area contributed by atoms with Gasteiger partial charge in [0.1, 0.15) is 5.82 Å². The predicted molar refractivity (Wildman–Crippen MR) is 68.7 cm³/mol. The van der Waals surface area contributed by atoms with E-state index in [1.165, 1.54) is 23.1 Å². The van der Waals surface area contributed by atoms with E-state index in [-0.39, 0.29) is 0 Å². The van der Waals surface area contributed by atoms with E-state index in [9.17, 15) is 0 Å². The maximum atomic E-state index is 4.69. The van der Waals surface area contributed by atoms with E-state index in [0.717, 1.165) is 17.8 Å². The van der Waals surface area contributed by atoms with Crippen LogP contribution in [0.1, 0.15) is 37.2 Å². The van der Waals surface area contributed by atoms with Gasteiger partial charge in [-0.3, -0.25) is 0 Å². The van der Waals surface area contributed by atoms with Crippen molar-refractivity contribution in [2.75, 3.05) is 0 Å². The van der Waals surface area contributed by atoms with Gasteiger partial charge in [-0.15, -0.1) is 0 Å². The van der Waals surface area contributed by atoms with Gasteiger partial charge < -0.3 is 4.98 Å². The molecule has 16 heavy (non-hydrogen) atoms. The van der Waals surface area contributed by atoms with Gasteiger partial charge in [-0.05, 0) is 37.0 Å². The van der Waals surface area contributed by atoms with Crippen molar-refractivity contribution in [2.45, 2.75) is 40.5 Å². The molecule has 0 spiro atoms. The van der Waals surface area contributed by atoms with E-state index < -0.39 is 0 Å². The molecule has 1 heterocycles. The Morgan fingerprint density at radius 3 is 2.75 bits per heavy atom. The fourth-order valence-electron chi connectivity index (χ4n) is 2.09. The van der Waals surface area contributed by atoms with Gasteiger partial charge >= 0.3 is 0 Å². The van der Waals surface area contributed by atoms with E-state index >= 15 is 0 Å². The highest BCUT2D eigenvalue weighted by atomic mass is 14.9. The van der Waals surface area contributed by atoms with Crippen LogP contribution in [-0.4, -0.2) is 9.97 Å². The lowest BCUT2D eigenvalue weighted by Crippen LogP contribution is -1.99. The molecule has 0 saturated carbocycles. The van der Waals surface area contributed by atoms with Crippen LogP contribution < -0.4 is 0 Å². The zero-order valence-electron chi connectivity index (χ0n) is 10.6. The van der Waals surface area contributed by atoms with Crippen LogP contribution in [0.15, 0.2) is 12.1 Å². The third-order valence-electron chi connectivity index (χ3n) is 3.21. The Bertz CT molecular complexity index is 497. The minimum atomic E-state index is 0.696. The molecule has 0 aliphatic carbocycles. The number of imidazole rings is 1. The molecular weight excluding hydrogens is 196 g/mol. The van der Waals surface area contributed by atoms with Gasteiger partial charge in [-0.25, -0.2) is 4.98 Å². The van der Waals surface area contributed by atoms with Crippen LogP contribution >= 0.6 is 0 Å². The van der Waals surface area contributed by atoms with Gasteiger partial charge in [0.05, 0.1) is 11.0 Å². The van der Waals surface area contributed by atoms with E-state index in [4.69, 9.17) is 0 Å². The molecule has 0 fully saturated rings. The number of benzene rings is 1. The monoisotopic (exact) mass is 216 g/mol. The summed E-state index contributed by atoms with van der Waals surface area (Å²) in [7, 11) is 0. The van der Waals surface area contributed by atoms with E-state index in [1.54, 1.807) is 0 Å². The lowest BCUT2D eigenvalue weighted by molar-refractivity contribution is 0.547. The molecule has 2 rings (SSSR count). The number of hydrogen-bond donors (Lipinski definition) is 1. The number of fused-ring (bicyclic) bond motifs is 1. The van der Waals surface area contributed by atoms with Crippen LogP contribution in [-0.2, 0) is 6.42 Å². The van der Waals surface area contributed by atoms with Crippen LogP contribution in [0.4, 0.5) is 0 Å². The summed E-state index contributed by atoms with van der Waals surface area (Å²) in [5, 5.41) is 0. The highest BCUT2D eigenvalue weighted by Gasteiger charge is 2.08. The number of aromatic amines is 1. The predicted octanol–water partition coefficient (Wildman–Crippen LogP) is 3.77. The quantitative estimate of drug-likeness (QED) is 0.831. The van der Waals surface area contributed by atoms with Crippen molar-refractivity contribution in [2.24, 2.45) is 5.92 Å². The summed E-state index contributed by atoms with van der Waals surface area (Å²) in [4.78, 5) is 8.12. The van der Waals surface area contributed by atoms with Gasteiger partial charge in [0.15, 0.2) is 0 Å². The fourth-order valence-corrected chi connectivity index (χ4v) is 2.09. The van der Waals surface area contributed by atoms with Crippen LogP contribution in [0, 0.1) is 19.8 Å². The van der Waals surface area contributed by atoms with Gasteiger partial charge in [0, 0.05) is 6.42 Å². The Morgan fingerprint density at radius 1 is 1.31 bits per heavy atom. The lowest BCUT2D eigenvalue weighted by atomic mass is 10.1. The third kappa shape index (κ3) is 2.11. The number of nitrogens with one attached hydrogen (secondary N) is 1. The maximum Gasteiger partial charge on any atom is 0.107 e. The van der Waals surface area contributed by atoms with Crippen LogP contribution in [0.3, 0.4) is 0 Å². The minimum Gasteiger partial charge on any atom is -0.342 e. The molecule has 0 amide bonds. The zero-order chi connectivity index (χ0) is 11.7. The molecule has 0 aliphatic rings. The first kappa shape index (κ1) is 11.2. The normalized spacial score (nSPS) is 13.2. The minimum absolute atomic E-state index is 0.696. The number of nitrogens with zero attached hydrogens (tertiary/aromatic N) is 1. The van der Waals surface area contributed by atoms with Crippen molar-refractivity contribution in [3.63, 3.8) is 0 Å². The summed E-state index contributed by atoms with van der Waals surface area (Å²) in [5.41, 5.74) is 4.87. The lowest BCUT2D eigenvalue weighted by Gasteiger charge is -2.03. The SMILES string of the molecule is CCC(C)Cc1nc2c(C)cc(C)cc2[nH]1. The van der Waals surface area contributed by atoms with Gasteiger partial charge in [0.25, 0.3) is 0 Å². The van der Waals surface area contributed by atoms with Gasteiger partial charge in [-0.1, -0.05) is 26.3 Å². The first-order valence-corrected chi connectivity index (χ1v) is 6.06. The first-order valence-electron chi connectivity index (χ1n) is 6.06. The molecule has 1 N–H and O–H groups in total. The Labute approximate surface area is 97.1 Å². The van der Waals surface area contributed by atoms with E-state index in [0.29, 0.717) is 5.92 Å². The number of aryl methyl sites for hydroxylation is 2. The number of rotatable bonds is 3. The molecule has 1 aromatic heterocycles. The van der Waals surface area contributed by atoms with Gasteiger partial charge in [0.2, 0.25) is 0 Å². The summed E-state index contributed by atoms with van der Waals surface area (Å²) in [6.45, 7) is 8.75. The summed E-state index contributed by atoms with van der Waals surface area (Å²) in [6.07, 6.45) is 2.25. The molecular formula is C14H20N2. The summed E-state index contributed by atoms with van der Waals surface area (Å²) >= 11 is 0. The summed E-state index contributed by atoms with van der Waals surface area (Å²) in [5.74, 6) is 1.82. The maximum absolute atomic E-state index is 4.69. The van der Waals surface area contributed by atoms with Gasteiger partial charge in [-0.2, -0.15) is 0 Å². The second-order valence-electron chi connectivity index (χ2n) is 4.88. The summed E-state index contributed by atoms with van der Waals surface area (Å²) in [6, 6.07) is 4.37. The molecule has 0 aliphatic heterocycles. The van der Waals surface area contributed by atoms with Crippen molar-refractivity contribution in [1.29, 1.82) is 0 Å². The zero-order valence-corrected chi connectivity index (χ0v) is 10.6. The molecule has 2 nitrogen and oxygen atoms in total. The van der Waals surface area contributed by atoms with Crippen LogP contribution in [0.2, 0.25) is 0 Å². The van der Waals surface area contributed by atoms with Crippen molar-refractivity contribution in [3.8, 4) is 0 Å². The molecule has 0 bridgehead atoms. The molecule has 1 atom stereocenters. The summed E-state index contributed by atoms with van der Waals surface area (Å²) < 4.78 is 0. The van der Waals surface area contributed by atoms with Crippen LogP contribution in [0.5, 0.6) is 0 Å². The Balaban J connectivity index is 2.40. The first-order chi connectivity index (χ1) is 7.60. The molecule has 2 heteroatoms. The average molecular weight is 216 g/mol. The molecule has 0 radical (unpaired) electrons. The molecule has 1 aromatic carbocycles. The Kier molecular flexibility index (Phi) is 2.99. The Hall–Kier alpha value is -1.31. The van der Waals surface area contributed by atoms with Crippen molar-refractivity contribution >= 4 is 11.0 Å². The molecule has 86 valence electrons. The van der Waals surface area contributed by atoms with E-state index in [1.807, 2.05) is 0 Å². The smallest absolute Gasteiger partial charge is 0.107 e. The van der Waals surface area contributed by atoms with Crippen molar-refractivity contribution < 1.29 is 0 Å². The standard InChI is InChI=1S/C14H20N2/c1-5-9(2)8-13-15-12-7-10(3)6-11(4)14(12)16-13/h6-7,9H,5,8H2,1-4H3,(H,15,16). The van der Waals surface area contributed by atoms with Crippen molar-refractivity contribution in [3.05, 3.63) is 29.1 Å². The second kappa shape index (κ2) is 4.28. The third-order valence-corrected chi connectivity index (χ3v) is 3.21. The highest BCUT2D eigenvalue weighted by molar-refractivity contribution is 5.79. The van der Waals surface area contributed by atoms with E-state index in [2.05, 4.69) is 49.8 Å². The topological polar surface area (TPSA) is 28.7 Å². The molecule has 2 aromatic rings. The molecule has 0 saturated heterocycles. The number of H-pyrrole nitrogens is 1. The van der Waals surface area contributed by atoms with Crippen molar-refractivity contribution in [1.82, 2.24) is 9.97 Å². The average Bonchev–Trinajstić information content (AvgIpc) is 2.60. The molecule has 1 unspecified atom stereocenters. The highest BCUT2D eigenvalue weighted by Crippen LogP contribution is 2.19. The second-order valence-corrected chi connectivity index (χ2v) is 4.88. The fraction of sp³-hybridized carbons (Fsp3) is 0.500.